The van der Waals surface area contributed by atoms with Gasteiger partial charge in [0, 0.05) is 22.9 Å². The van der Waals surface area contributed by atoms with Gasteiger partial charge in [0.25, 0.3) is 0 Å². The first kappa shape index (κ1) is 15.0. The van der Waals surface area contributed by atoms with E-state index in [1.165, 1.54) is 16.7 Å². The molecule has 0 spiro atoms. The van der Waals surface area contributed by atoms with Crippen molar-refractivity contribution in [2.24, 2.45) is 0 Å². The summed E-state index contributed by atoms with van der Waals surface area (Å²) < 4.78 is 6.39. The number of pyridine rings is 1. The number of rotatable bonds is 5. The van der Waals surface area contributed by atoms with Crippen LogP contribution in [0.3, 0.4) is 0 Å². The molecule has 3 nitrogen and oxygen atoms in total. The largest absolute Gasteiger partial charge is 0.497 e. The maximum Gasteiger partial charge on any atom is 0.119 e. The number of likely N-dealkylation sites (N-methyl/N-ethyl adjacent to an activating group) is 1. The molecule has 1 aromatic carbocycles. The molecule has 0 aliphatic carbocycles. The number of hydrogen-bond acceptors (Lipinski definition) is 3. The highest BCUT2D eigenvalue weighted by Gasteiger charge is 2.13. The zero-order chi connectivity index (χ0) is 14.5. The van der Waals surface area contributed by atoms with Crippen molar-refractivity contribution in [3.8, 4) is 5.75 Å². The highest BCUT2D eigenvalue weighted by molar-refractivity contribution is 9.10. The molecule has 2 rings (SSSR count). The second-order valence-electron chi connectivity index (χ2n) is 4.80. The van der Waals surface area contributed by atoms with Gasteiger partial charge in [-0.1, -0.05) is 22.0 Å². The average molecular weight is 335 g/mol. The van der Waals surface area contributed by atoms with Gasteiger partial charge in [0.2, 0.25) is 0 Å². The number of aromatic nitrogens is 1. The third-order valence-electron chi connectivity index (χ3n) is 3.32. The lowest BCUT2D eigenvalue weighted by atomic mass is 9.99. The Morgan fingerprint density at radius 2 is 2.10 bits per heavy atom. The fourth-order valence-electron chi connectivity index (χ4n) is 2.21. The number of nitrogens with one attached hydrogen (secondary N) is 1. The van der Waals surface area contributed by atoms with Crippen LogP contribution in [0.5, 0.6) is 5.75 Å². The topological polar surface area (TPSA) is 34.1 Å². The Bertz CT molecular complexity index is 586. The number of halogens is 1. The number of benzene rings is 1. The Kier molecular flexibility index (Phi) is 5.15. The van der Waals surface area contributed by atoms with Crippen molar-refractivity contribution >= 4 is 15.9 Å². The summed E-state index contributed by atoms with van der Waals surface area (Å²) >= 11 is 3.61. The molecule has 2 aromatic rings. The lowest BCUT2D eigenvalue weighted by molar-refractivity contribution is 0.414. The summed E-state index contributed by atoms with van der Waals surface area (Å²) in [6.07, 6.45) is 4.67. The highest BCUT2D eigenvalue weighted by atomic mass is 79.9. The average Bonchev–Trinajstić information content (AvgIpc) is 2.46. The van der Waals surface area contributed by atoms with Crippen LogP contribution >= 0.6 is 15.9 Å². The maximum atomic E-state index is 5.30. The summed E-state index contributed by atoms with van der Waals surface area (Å²) in [6, 6.07) is 8.44. The van der Waals surface area contributed by atoms with E-state index in [1.807, 2.05) is 31.6 Å². The summed E-state index contributed by atoms with van der Waals surface area (Å²) in [5, 5.41) is 3.36. The number of methoxy groups -OCH3 is 1. The van der Waals surface area contributed by atoms with Gasteiger partial charge >= 0.3 is 0 Å². The number of aryl methyl sites for hydroxylation is 1. The van der Waals surface area contributed by atoms with E-state index in [0.29, 0.717) is 0 Å². The molecule has 0 bridgehead atoms. The Hall–Kier alpha value is -1.39. The van der Waals surface area contributed by atoms with Crippen molar-refractivity contribution in [2.75, 3.05) is 14.2 Å². The Morgan fingerprint density at radius 3 is 2.75 bits per heavy atom. The molecule has 0 aliphatic rings. The van der Waals surface area contributed by atoms with E-state index in [1.54, 1.807) is 7.11 Å². The van der Waals surface area contributed by atoms with E-state index in [2.05, 4.69) is 45.3 Å². The number of nitrogens with zero attached hydrogens (tertiary/aromatic N) is 1. The minimum atomic E-state index is 0.228. The van der Waals surface area contributed by atoms with Crippen molar-refractivity contribution in [1.82, 2.24) is 10.3 Å². The molecule has 1 unspecified atom stereocenters. The quantitative estimate of drug-likeness (QED) is 0.905. The first-order valence-corrected chi connectivity index (χ1v) is 7.34. The highest BCUT2D eigenvalue weighted by Crippen LogP contribution is 2.27. The van der Waals surface area contributed by atoms with Crippen LogP contribution in [0.4, 0.5) is 0 Å². The van der Waals surface area contributed by atoms with E-state index in [9.17, 15) is 0 Å². The van der Waals surface area contributed by atoms with Crippen LogP contribution in [0.25, 0.3) is 0 Å². The van der Waals surface area contributed by atoms with Gasteiger partial charge in [0.1, 0.15) is 5.75 Å². The zero-order valence-electron chi connectivity index (χ0n) is 12.0. The van der Waals surface area contributed by atoms with Gasteiger partial charge in [-0.05, 0) is 55.3 Å². The van der Waals surface area contributed by atoms with Crippen molar-refractivity contribution < 1.29 is 4.74 Å². The number of hydrogen-bond donors (Lipinski definition) is 1. The summed E-state index contributed by atoms with van der Waals surface area (Å²) in [5.41, 5.74) is 3.58. The van der Waals surface area contributed by atoms with Gasteiger partial charge in [-0.15, -0.1) is 0 Å². The standard InChI is InChI=1S/C16H19BrN2O/c1-11-6-13(10-19-9-11)16(18-2)8-12-7-14(20-3)4-5-15(12)17/h4-7,9-10,16,18H,8H2,1-3H3. The molecule has 1 atom stereocenters. The fourth-order valence-corrected chi connectivity index (χ4v) is 2.62. The van der Waals surface area contributed by atoms with Gasteiger partial charge in [-0.3, -0.25) is 4.98 Å². The molecule has 106 valence electrons. The lowest BCUT2D eigenvalue weighted by Crippen LogP contribution is -2.19. The molecule has 0 fully saturated rings. The van der Waals surface area contributed by atoms with Crippen LogP contribution < -0.4 is 10.1 Å². The summed E-state index contributed by atoms with van der Waals surface area (Å²) in [5.74, 6) is 0.875. The predicted molar refractivity (Wildman–Crippen MR) is 85.2 cm³/mol. The van der Waals surface area contributed by atoms with Gasteiger partial charge in [0.05, 0.1) is 7.11 Å². The third-order valence-corrected chi connectivity index (χ3v) is 4.10. The molecule has 1 N–H and O–H groups in total. The van der Waals surface area contributed by atoms with Gasteiger partial charge in [-0.25, -0.2) is 0 Å². The monoisotopic (exact) mass is 334 g/mol. The minimum Gasteiger partial charge on any atom is -0.497 e. The van der Waals surface area contributed by atoms with Crippen LogP contribution in [0, 0.1) is 6.92 Å². The van der Waals surface area contributed by atoms with E-state index in [4.69, 9.17) is 4.74 Å². The molecule has 0 saturated carbocycles. The normalized spacial score (nSPS) is 12.2. The molecular formula is C16H19BrN2O. The molecule has 4 heteroatoms. The van der Waals surface area contributed by atoms with E-state index >= 15 is 0 Å². The molecule has 0 saturated heterocycles. The fraction of sp³-hybridized carbons (Fsp3) is 0.312. The molecular weight excluding hydrogens is 316 g/mol. The van der Waals surface area contributed by atoms with Gasteiger partial charge in [-0.2, -0.15) is 0 Å². The van der Waals surface area contributed by atoms with Crippen LogP contribution in [0.2, 0.25) is 0 Å². The van der Waals surface area contributed by atoms with Crippen LogP contribution in [0.1, 0.15) is 22.7 Å². The number of ether oxygens (including phenoxy) is 1. The second-order valence-corrected chi connectivity index (χ2v) is 5.65. The Morgan fingerprint density at radius 1 is 1.30 bits per heavy atom. The second kappa shape index (κ2) is 6.86. The summed E-state index contributed by atoms with van der Waals surface area (Å²) in [7, 11) is 3.66. The van der Waals surface area contributed by atoms with Crippen molar-refractivity contribution in [1.29, 1.82) is 0 Å². The van der Waals surface area contributed by atoms with Crippen molar-refractivity contribution in [2.45, 2.75) is 19.4 Å². The molecule has 1 aromatic heterocycles. The Labute approximate surface area is 128 Å². The van der Waals surface area contributed by atoms with Gasteiger partial charge in [0.15, 0.2) is 0 Å². The lowest BCUT2D eigenvalue weighted by Gasteiger charge is -2.18. The van der Waals surface area contributed by atoms with Crippen LogP contribution in [-0.4, -0.2) is 19.1 Å². The van der Waals surface area contributed by atoms with Crippen molar-refractivity contribution in [3.05, 3.63) is 57.8 Å². The molecule has 1 heterocycles. The van der Waals surface area contributed by atoms with Crippen LogP contribution in [0.15, 0.2) is 41.1 Å². The van der Waals surface area contributed by atoms with E-state index < -0.39 is 0 Å². The predicted octanol–water partition coefficient (Wildman–Crippen LogP) is 3.66. The minimum absolute atomic E-state index is 0.228. The zero-order valence-corrected chi connectivity index (χ0v) is 13.6. The maximum absolute atomic E-state index is 5.30. The summed E-state index contributed by atoms with van der Waals surface area (Å²) in [6.45, 7) is 2.06. The molecule has 0 amide bonds. The van der Waals surface area contributed by atoms with E-state index in [-0.39, 0.29) is 6.04 Å². The third kappa shape index (κ3) is 3.58. The van der Waals surface area contributed by atoms with Crippen molar-refractivity contribution in [3.63, 3.8) is 0 Å². The first-order valence-electron chi connectivity index (χ1n) is 6.55. The molecule has 0 radical (unpaired) electrons. The molecule has 20 heavy (non-hydrogen) atoms. The SMILES string of the molecule is CNC(Cc1cc(OC)ccc1Br)c1cncc(C)c1. The first-order chi connectivity index (χ1) is 9.63. The van der Waals surface area contributed by atoms with E-state index in [0.717, 1.165) is 16.6 Å². The van der Waals surface area contributed by atoms with Crippen LogP contribution in [-0.2, 0) is 6.42 Å². The molecule has 0 aliphatic heterocycles. The smallest absolute Gasteiger partial charge is 0.119 e. The van der Waals surface area contributed by atoms with Gasteiger partial charge < -0.3 is 10.1 Å². The summed E-state index contributed by atoms with van der Waals surface area (Å²) in [4.78, 5) is 4.27. The Balaban J connectivity index is 2.26.